The van der Waals surface area contributed by atoms with Crippen molar-refractivity contribution >= 4 is 18.3 Å². The van der Waals surface area contributed by atoms with Gasteiger partial charge >= 0.3 is 0 Å². The fourth-order valence-electron chi connectivity index (χ4n) is 4.36. The van der Waals surface area contributed by atoms with Crippen LogP contribution in [0.2, 0.25) is 0 Å². The molecule has 23 heavy (non-hydrogen) atoms. The van der Waals surface area contributed by atoms with Crippen LogP contribution in [0.4, 0.5) is 0 Å². The largest absolute Gasteiger partial charge is 0.353 e. The van der Waals surface area contributed by atoms with Crippen molar-refractivity contribution < 1.29 is 4.79 Å². The van der Waals surface area contributed by atoms with Crippen LogP contribution >= 0.6 is 12.4 Å². The molecule has 0 radical (unpaired) electrons. The molecule has 0 heterocycles. The van der Waals surface area contributed by atoms with Crippen LogP contribution < -0.4 is 11.1 Å². The average molecular weight is 337 g/mol. The highest BCUT2D eigenvalue weighted by Gasteiger charge is 2.35. The van der Waals surface area contributed by atoms with Crippen LogP contribution in [-0.2, 0) is 4.79 Å². The van der Waals surface area contributed by atoms with Gasteiger partial charge in [0.05, 0.1) is 0 Å². The monoisotopic (exact) mass is 336 g/mol. The van der Waals surface area contributed by atoms with Gasteiger partial charge in [-0.3, -0.25) is 4.79 Å². The number of nitrogens with one attached hydrogen (secondary N) is 1. The van der Waals surface area contributed by atoms with E-state index in [1.54, 1.807) is 0 Å². The molecule has 3 rings (SSSR count). The van der Waals surface area contributed by atoms with Gasteiger partial charge in [0.15, 0.2) is 0 Å². The summed E-state index contributed by atoms with van der Waals surface area (Å²) in [5.41, 5.74) is 7.20. The minimum Gasteiger partial charge on any atom is -0.353 e. The van der Waals surface area contributed by atoms with Crippen molar-refractivity contribution in [1.82, 2.24) is 5.32 Å². The van der Waals surface area contributed by atoms with Crippen LogP contribution in [0.3, 0.4) is 0 Å². The highest BCUT2D eigenvalue weighted by atomic mass is 35.5. The lowest BCUT2D eigenvalue weighted by molar-refractivity contribution is -0.127. The van der Waals surface area contributed by atoms with E-state index in [1.807, 2.05) is 0 Å². The van der Waals surface area contributed by atoms with E-state index in [1.165, 1.54) is 24.8 Å². The number of rotatable bonds is 4. The van der Waals surface area contributed by atoms with Crippen LogP contribution in [0.25, 0.3) is 0 Å². The van der Waals surface area contributed by atoms with Crippen LogP contribution in [0.15, 0.2) is 30.3 Å². The Balaban J connectivity index is 0.00000192. The van der Waals surface area contributed by atoms with E-state index in [0.29, 0.717) is 24.4 Å². The molecular formula is C19H29ClN2O. The number of halogens is 1. The second-order valence-corrected chi connectivity index (χ2v) is 6.95. The standard InChI is InChI=1S/C19H28N2O.ClH/c20-13-15-9-6-11-17(15)19(22)21-18-12-5-4-10-16(18)14-7-2-1-3-8-14;/h1-3,7-8,15-18H,4-6,9-13,20H2,(H,21,22);1H/t15-,16?,17-,18?;/m1./s1. The van der Waals surface area contributed by atoms with E-state index in [4.69, 9.17) is 5.73 Å². The van der Waals surface area contributed by atoms with Crippen molar-refractivity contribution in [2.45, 2.75) is 56.9 Å². The summed E-state index contributed by atoms with van der Waals surface area (Å²) in [5.74, 6) is 1.25. The number of hydrogen-bond donors (Lipinski definition) is 2. The summed E-state index contributed by atoms with van der Waals surface area (Å²) in [5, 5.41) is 3.38. The van der Waals surface area contributed by atoms with Gasteiger partial charge in [0.1, 0.15) is 0 Å². The van der Waals surface area contributed by atoms with Gasteiger partial charge in [0.25, 0.3) is 0 Å². The molecule has 0 saturated heterocycles. The summed E-state index contributed by atoms with van der Waals surface area (Å²) in [4.78, 5) is 12.7. The molecule has 128 valence electrons. The fourth-order valence-corrected chi connectivity index (χ4v) is 4.36. The van der Waals surface area contributed by atoms with Gasteiger partial charge in [-0.1, -0.05) is 49.6 Å². The summed E-state index contributed by atoms with van der Waals surface area (Å²) in [6.07, 6.45) is 8.04. The number of benzene rings is 1. The fraction of sp³-hybridized carbons (Fsp3) is 0.632. The Morgan fingerprint density at radius 1 is 1.04 bits per heavy atom. The molecule has 4 atom stereocenters. The van der Waals surface area contributed by atoms with Crippen LogP contribution in [0.5, 0.6) is 0 Å². The quantitative estimate of drug-likeness (QED) is 0.882. The van der Waals surface area contributed by atoms with E-state index < -0.39 is 0 Å². The Labute approximate surface area is 145 Å². The molecule has 2 fully saturated rings. The van der Waals surface area contributed by atoms with Crippen molar-refractivity contribution in [1.29, 1.82) is 0 Å². The lowest BCUT2D eigenvalue weighted by Crippen LogP contribution is -2.45. The van der Waals surface area contributed by atoms with Crippen LogP contribution in [-0.4, -0.2) is 18.5 Å². The summed E-state index contributed by atoms with van der Waals surface area (Å²) in [6.45, 7) is 0.644. The summed E-state index contributed by atoms with van der Waals surface area (Å²) < 4.78 is 0. The zero-order valence-corrected chi connectivity index (χ0v) is 14.6. The highest BCUT2D eigenvalue weighted by Crippen LogP contribution is 2.35. The molecule has 0 aromatic heterocycles. The molecule has 4 heteroatoms. The van der Waals surface area contributed by atoms with Crippen molar-refractivity contribution in [3.63, 3.8) is 0 Å². The molecule has 2 aliphatic rings. The Morgan fingerprint density at radius 3 is 2.52 bits per heavy atom. The maximum absolute atomic E-state index is 12.7. The van der Waals surface area contributed by atoms with Crippen molar-refractivity contribution in [3.8, 4) is 0 Å². The highest BCUT2D eigenvalue weighted by molar-refractivity contribution is 5.85. The molecular weight excluding hydrogens is 308 g/mol. The average Bonchev–Trinajstić information content (AvgIpc) is 3.05. The number of carbonyl (C=O) groups excluding carboxylic acids is 1. The van der Waals surface area contributed by atoms with Crippen molar-refractivity contribution in [2.24, 2.45) is 17.6 Å². The summed E-state index contributed by atoms with van der Waals surface area (Å²) >= 11 is 0. The van der Waals surface area contributed by atoms with Gasteiger partial charge < -0.3 is 11.1 Å². The van der Waals surface area contributed by atoms with Crippen LogP contribution in [0, 0.1) is 11.8 Å². The lowest BCUT2D eigenvalue weighted by Gasteiger charge is -2.34. The number of hydrogen-bond acceptors (Lipinski definition) is 2. The third-order valence-electron chi connectivity index (χ3n) is 5.62. The Morgan fingerprint density at radius 2 is 1.78 bits per heavy atom. The summed E-state index contributed by atoms with van der Waals surface area (Å²) in [6, 6.07) is 11.0. The first-order valence-electron chi connectivity index (χ1n) is 8.85. The second kappa shape index (κ2) is 8.70. The molecule has 1 aromatic carbocycles. The Bertz CT molecular complexity index is 493. The van der Waals surface area contributed by atoms with E-state index >= 15 is 0 Å². The minimum atomic E-state index is 0. The predicted molar refractivity (Wildman–Crippen MR) is 96.7 cm³/mol. The number of amides is 1. The minimum absolute atomic E-state index is 0. The van der Waals surface area contributed by atoms with Crippen molar-refractivity contribution in [2.75, 3.05) is 6.54 Å². The number of nitrogens with two attached hydrogens (primary N) is 1. The maximum Gasteiger partial charge on any atom is 0.223 e. The molecule has 0 bridgehead atoms. The molecule has 0 aliphatic heterocycles. The third kappa shape index (κ3) is 4.27. The van der Waals surface area contributed by atoms with E-state index in [2.05, 4.69) is 35.6 Å². The molecule has 0 spiro atoms. The zero-order chi connectivity index (χ0) is 15.4. The van der Waals surface area contributed by atoms with Gasteiger partial charge in [0.2, 0.25) is 5.91 Å². The molecule has 2 aliphatic carbocycles. The first-order valence-corrected chi connectivity index (χ1v) is 8.85. The first-order chi connectivity index (χ1) is 10.8. The van der Waals surface area contributed by atoms with E-state index in [9.17, 15) is 4.79 Å². The van der Waals surface area contributed by atoms with Gasteiger partial charge in [-0.05, 0) is 43.7 Å². The Hall–Kier alpha value is -1.06. The SMILES string of the molecule is Cl.NC[C@H]1CCC[C@H]1C(=O)NC1CCCCC1c1ccccc1. The van der Waals surface area contributed by atoms with E-state index in [0.717, 1.165) is 25.7 Å². The molecule has 1 aromatic rings. The molecule has 3 N–H and O–H groups in total. The molecule has 2 unspecified atom stereocenters. The van der Waals surface area contributed by atoms with E-state index in [-0.39, 0.29) is 24.2 Å². The molecule has 3 nitrogen and oxygen atoms in total. The molecule has 1 amide bonds. The summed E-state index contributed by atoms with van der Waals surface area (Å²) in [7, 11) is 0. The van der Waals surface area contributed by atoms with Gasteiger partial charge in [0, 0.05) is 17.9 Å². The molecule has 2 saturated carbocycles. The van der Waals surface area contributed by atoms with Crippen LogP contribution in [0.1, 0.15) is 56.4 Å². The van der Waals surface area contributed by atoms with Gasteiger partial charge in [-0.2, -0.15) is 0 Å². The van der Waals surface area contributed by atoms with Crippen molar-refractivity contribution in [3.05, 3.63) is 35.9 Å². The predicted octanol–water partition coefficient (Wildman–Crippen LogP) is 3.63. The van der Waals surface area contributed by atoms with Gasteiger partial charge in [-0.25, -0.2) is 0 Å². The topological polar surface area (TPSA) is 55.1 Å². The first kappa shape index (κ1) is 18.3. The Kier molecular flexibility index (Phi) is 6.91. The maximum atomic E-state index is 12.7. The third-order valence-corrected chi connectivity index (χ3v) is 5.62. The zero-order valence-electron chi connectivity index (χ0n) is 13.7. The van der Waals surface area contributed by atoms with Gasteiger partial charge in [-0.15, -0.1) is 12.4 Å². The normalized spacial score (nSPS) is 30.5. The number of carbonyl (C=O) groups is 1. The second-order valence-electron chi connectivity index (χ2n) is 6.95. The smallest absolute Gasteiger partial charge is 0.223 e. The lowest BCUT2D eigenvalue weighted by atomic mass is 9.79.